The van der Waals surface area contributed by atoms with Gasteiger partial charge in [0.15, 0.2) is 16.4 Å². The number of thiocarbonyl (C=S) groups is 1. The lowest BCUT2D eigenvalue weighted by molar-refractivity contribution is -0.457. The van der Waals surface area contributed by atoms with Gasteiger partial charge in [-0.15, -0.1) is 4.81 Å². The number of hydrogen-bond acceptors (Lipinski definition) is 4. The Kier molecular flexibility index (Phi) is 5.11. The number of nitrogens with zero attached hydrogens (tertiary/aromatic N) is 6. The summed E-state index contributed by atoms with van der Waals surface area (Å²) in [5.74, 6) is 0. The van der Waals surface area contributed by atoms with Gasteiger partial charge in [-0.05, 0) is 58.7 Å². The van der Waals surface area contributed by atoms with Gasteiger partial charge in [-0.2, -0.15) is 10.5 Å². The monoisotopic (exact) mass is 566 g/mol. The molecule has 202 valence electrons. The van der Waals surface area contributed by atoms with E-state index in [1.165, 1.54) is 12.1 Å². The van der Waals surface area contributed by atoms with E-state index in [0.717, 1.165) is 33.6 Å². The van der Waals surface area contributed by atoms with Crippen LogP contribution in [0.15, 0.2) is 139 Å². The summed E-state index contributed by atoms with van der Waals surface area (Å²) in [6.45, 7) is 0. The van der Waals surface area contributed by atoms with Gasteiger partial charge in [0.2, 0.25) is 5.69 Å². The highest BCUT2D eigenvalue weighted by atomic mass is 32.1. The Morgan fingerprint density at radius 1 is 0.690 bits per heavy atom. The van der Waals surface area contributed by atoms with Gasteiger partial charge in [0.1, 0.15) is 0 Å². The highest BCUT2D eigenvalue weighted by Crippen LogP contribution is 2.68. The molecule has 0 N–H and O–H groups in total. The molecular formula is C33H22N6O2S. The molecule has 0 unspecified atom stereocenters. The zero-order valence-corrected chi connectivity index (χ0v) is 22.9. The number of non-ortho nitro benzene ring substituents is 1. The van der Waals surface area contributed by atoms with E-state index in [-0.39, 0.29) is 5.69 Å². The molecule has 3 aliphatic rings. The number of rotatable bonds is 4. The highest BCUT2D eigenvalue weighted by molar-refractivity contribution is 7.80. The molecule has 2 aliphatic heterocycles. The summed E-state index contributed by atoms with van der Waals surface area (Å²) in [5, 5.41) is 17.5. The summed E-state index contributed by atoms with van der Waals surface area (Å²) < 4.78 is 0. The van der Waals surface area contributed by atoms with Crippen LogP contribution in [0.4, 0.5) is 22.7 Å². The summed E-state index contributed by atoms with van der Waals surface area (Å²) >= 11 is 6.36. The maximum absolute atomic E-state index is 11.6. The van der Waals surface area contributed by atoms with E-state index in [4.69, 9.17) is 22.8 Å². The molecule has 1 fully saturated rings. The molecule has 0 saturated carbocycles. The zero-order valence-electron chi connectivity index (χ0n) is 22.1. The first-order chi connectivity index (χ1) is 20.6. The van der Waals surface area contributed by atoms with Gasteiger partial charge in [-0.1, -0.05) is 84.9 Å². The molecule has 2 atom stereocenters. The van der Waals surface area contributed by atoms with Crippen LogP contribution in [0, 0.1) is 10.1 Å². The number of hydrogen-bond donors (Lipinski definition) is 0. The molecule has 8 nitrogen and oxygen atoms in total. The van der Waals surface area contributed by atoms with Crippen molar-refractivity contribution in [2.75, 3.05) is 9.80 Å². The molecule has 5 aromatic rings. The van der Waals surface area contributed by atoms with Gasteiger partial charge >= 0.3 is 0 Å². The Labute approximate surface area is 246 Å². The Morgan fingerprint density at radius 3 is 1.90 bits per heavy atom. The quantitative estimate of drug-likeness (QED) is 0.0953. The number of nitro groups is 1. The third-order valence-corrected chi connectivity index (χ3v) is 8.58. The summed E-state index contributed by atoms with van der Waals surface area (Å²) in [6.07, 6.45) is 0. The lowest BCUT2D eigenvalue weighted by Crippen LogP contribution is -2.55. The normalized spacial score (nSPS) is 21.5. The van der Waals surface area contributed by atoms with Crippen LogP contribution in [0.2, 0.25) is 0 Å². The first kappa shape index (κ1) is 24.4. The summed E-state index contributed by atoms with van der Waals surface area (Å²) in [6, 6.07) is 42.8. The molecule has 2 heterocycles. The molecule has 8 rings (SSSR count). The number of anilines is 2. The zero-order chi connectivity index (χ0) is 28.5. The molecule has 0 bridgehead atoms. The Balaban J connectivity index is 1.52. The summed E-state index contributed by atoms with van der Waals surface area (Å²) in [4.78, 5) is 17.0. The second-order valence-electron chi connectivity index (χ2n) is 10.3. The van der Waals surface area contributed by atoms with E-state index >= 15 is 0 Å². The van der Waals surface area contributed by atoms with E-state index in [0.29, 0.717) is 10.8 Å². The minimum Gasteiger partial charge on any atom is -0.300 e. The first-order valence-electron chi connectivity index (χ1n) is 13.5. The molecule has 1 saturated heterocycles. The Hall–Kier alpha value is -5.41. The third kappa shape index (κ3) is 3.02. The second-order valence-corrected chi connectivity index (χ2v) is 10.7. The molecular weight excluding hydrogens is 544 g/mol. The van der Waals surface area contributed by atoms with Crippen LogP contribution >= 0.6 is 12.2 Å². The van der Waals surface area contributed by atoms with Crippen molar-refractivity contribution in [1.82, 2.24) is 0 Å². The average molecular weight is 567 g/mol. The van der Waals surface area contributed by atoms with E-state index in [9.17, 15) is 10.1 Å². The van der Waals surface area contributed by atoms with Crippen molar-refractivity contribution in [1.29, 1.82) is 0 Å². The second kappa shape index (κ2) is 8.79. The number of para-hydroxylation sites is 2. The van der Waals surface area contributed by atoms with Crippen molar-refractivity contribution in [3.05, 3.63) is 160 Å². The molecule has 0 aromatic heterocycles. The van der Waals surface area contributed by atoms with Crippen molar-refractivity contribution < 1.29 is 9.73 Å². The van der Waals surface area contributed by atoms with Crippen molar-refractivity contribution in [3.63, 3.8) is 0 Å². The fourth-order valence-electron chi connectivity index (χ4n) is 6.55. The van der Waals surface area contributed by atoms with Crippen LogP contribution in [0.3, 0.4) is 0 Å². The Bertz CT molecular complexity index is 1930. The topological polar surface area (TPSA) is 79.1 Å². The van der Waals surface area contributed by atoms with Crippen LogP contribution in [-0.2, 0) is 11.3 Å². The standard InChI is InChI=1S/C33H22N6O2S/c40-39(41)26-21-19-24(20-22-26)37-31(42)36(23-11-3-1-4-12-23)32-29-17-9-7-15-27(29)28-16-8-10-18-30(28)33(32,37)35-38(34-32)25-13-5-2-6-14-25/h1-22H/t32-,33+/m0/s1. The number of nitro benzene ring substituents is 1. The van der Waals surface area contributed by atoms with E-state index in [1.807, 2.05) is 89.8 Å². The first-order valence-corrected chi connectivity index (χ1v) is 13.9. The predicted octanol–water partition coefficient (Wildman–Crippen LogP) is 7.99. The lowest BCUT2D eigenvalue weighted by atomic mass is 9.71. The van der Waals surface area contributed by atoms with E-state index in [1.54, 1.807) is 16.9 Å². The molecule has 0 spiro atoms. The van der Waals surface area contributed by atoms with Crippen molar-refractivity contribution in [2.45, 2.75) is 11.3 Å². The fourth-order valence-corrected chi connectivity index (χ4v) is 7.03. The molecule has 0 amide bonds. The van der Waals surface area contributed by atoms with Crippen LogP contribution in [-0.4, -0.2) is 14.8 Å². The summed E-state index contributed by atoms with van der Waals surface area (Å²) in [7, 11) is 0. The lowest BCUT2D eigenvalue weighted by Gasteiger charge is -2.50. The van der Waals surface area contributed by atoms with Gasteiger partial charge in [-0.3, -0.25) is 10.1 Å². The SMILES string of the molecule is O=[N+]([O-])c1ccc(N2C(=S)N(c3ccccc3)[C@]34N=[N+](c5ccccc5)[N-][C@]23c2ccccc2-c2ccccc24)cc1. The largest absolute Gasteiger partial charge is 0.300 e. The number of fused-ring (bicyclic) bond motifs is 3. The third-order valence-electron chi connectivity index (χ3n) is 8.21. The molecule has 5 aromatic carbocycles. The molecule has 42 heavy (non-hydrogen) atoms. The Morgan fingerprint density at radius 2 is 1.24 bits per heavy atom. The minimum atomic E-state index is -1.18. The van der Waals surface area contributed by atoms with Crippen LogP contribution in [0.25, 0.3) is 16.6 Å². The maximum Gasteiger partial charge on any atom is 0.269 e. The maximum atomic E-state index is 11.6. The summed E-state index contributed by atoms with van der Waals surface area (Å²) in [5.41, 5.74) is 9.47. The van der Waals surface area contributed by atoms with Crippen molar-refractivity contribution in [3.8, 4) is 11.1 Å². The van der Waals surface area contributed by atoms with Crippen LogP contribution in [0.1, 0.15) is 11.1 Å². The highest BCUT2D eigenvalue weighted by Gasteiger charge is 2.72. The van der Waals surface area contributed by atoms with Gasteiger partial charge in [0.05, 0.1) is 4.92 Å². The van der Waals surface area contributed by atoms with Crippen molar-refractivity contribution >= 4 is 40.1 Å². The van der Waals surface area contributed by atoms with Crippen molar-refractivity contribution in [2.24, 2.45) is 5.11 Å². The number of benzene rings is 5. The average Bonchev–Trinajstić information content (AvgIpc) is 3.50. The smallest absolute Gasteiger partial charge is 0.269 e. The molecule has 1 aliphatic carbocycles. The van der Waals surface area contributed by atoms with Gasteiger partial charge < -0.3 is 9.80 Å². The van der Waals surface area contributed by atoms with Gasteiger partial charge in [0.25, 0.3) is 5.69 Å². The van der Waals surface area contributed by atoms with E-state index in [2.05, 4.69) is 29.2 Å². The van der Waals surface area contributed by atoms with E-state index < -0.39 is 16.2 Å². The van der Waals surface area contributed by atoms with Gasteiger partial charge in [0, 0.05) is 35.6 Å². The van der Waals surface area contributed by atoms with Crippen LogP contribution < -0.4 is 9.80 Å². The number of azo groups is 1. The fraction of sp³-hybridized carbons (Fsp3) is 0.0606. The molecule has 9 heteroatoms. The predicted molar refractivity (Wildman–Crippen MR) is 164 cm³/mol. The minimum absolute atomic E-state index is 0.000828. The molecule has 0 radical (unpaired) electrons. The van der Waals surface area contributed by atoms with Gasteiger partial charge in [-0.25, -0.2) is 0 Å². The van der Waals surface area contributed by atoms with Crippen LogP contribution in [0.5, 0.6) is 0 Å².